The fraction of sp³-hybridized carbons (Fsp3) is 0.259. The van der Waals surface area contributed by atoms with E-state index in [-0.39, 0.29) is 11.9 Å². The second kappa shape index (κ2) is 8.81. The minimum atomic E-state index is -0.305. The fourth-order valence-corrected chi connectivity index (χ4v) is 4.68. The number of benzene rings is 3. The number of methoxy groups -OCH3 is 1. The van der Waals surface area contributed by atoms with Gasteiger partial charge < -0.3 is 21.1 Å². The Kier molecular flexibility index (Phi) is 5.70. The topological polar surface area (TPSA) is 88.7 Å². The maximum atomic E-state index is 13.5. The summed E-state index contributed by atoms with van der Waals surface area (Å²) < 4.78 is 5.33. The van der Waals surface area contributed by atoms with Crippen LogP contribution in [0.2, 0.25) is 0 Å². The molecule has 2 aliphatic heterocycles. The van der Waals surface area contributed by atoms with E-state index in [2.05, 4.69) is 39.9 Å². The predicted molar refractivity (Wildman–Crippen MR) is 131 cm³/mol. The first-order chi connectivity index (χ1) is 16.1. The number of carbonyl (C=O) groups excluding carboxylic acids is 1. The van der Waals surface area contributed by atoms with Crippen molar-refractivity contribution in [2.45, 2.75) is 32.6 Å². The maximum Gasteiger partial charge on any atom is 0.252 e. The van der Waals surface area contributed by atoms with Crippen molar-refractivity contribution in [3.05, 3.63) is 88.0 Å². The summed E-state index contributed by atoms with van der Waals surface area (Å²) in [5.41, 5.74) is 15.5. The van der Waals surface area contributed by atoms with Crippen LogP contribution in [0.3, 0.4) is 0 Å². The standard InChI is InChI=1S/C27H28N4O2/c1-16-23-10-17(6-7-19(23)14-30-16)20-8-21-13-29-15-25(21)24(11-20)27(32)31-26(12-28)18-4-3-5-22(9-18)33-2/h3-11,26,29H,12-15,28H2,1-2H3,(H,31,32). The summed E-state index contributed by atoms with van der Waals surface area (Å²) in [4.78, 5) is 18.0. The molecule has 0 spiro atoms. The molecule has 0 fully saturated rings. The van der Waals surface area contributed by atoms with Gasteiger partial charge in [0.15, 0.2) is 0 Å². The van der Waals surface area contributed by atoms with Crippen LogP contribution in [0.5, 0.6) is 5.75 Å². The molecule has 2 heterocycles. The van der Waals surface area contributed by atoms with Crippen molar-refractivity contribution in [3.63, 3.8) is 0 Å². The molecule has 5 rings (SSSR count). The van der Waals surface area contributed by atoms with Gasteiger partial charge in [-0.05, 0) is 70.6 Å². The molecule has 0 aromatic heterocycles. The van der Waals surface area contributed by atoms with Gasteiger partial charge in [-0.2, -0.15) is 0 Å². The minimum Gasteiger partial charge on any atom is -0.497 e. The number of amides is 1. The van der Waals surface area contributed by atoms with Crippen LogP contribution < -0.4 is 21.1 Å². The van der Waals surface area contributed by atoms with E-state index in [4.69, 9.17) is 10.5 Å². The lowest BCUT2D eigenvalue weighted by Crippen LogP contribution is -2.34. The SMILES string of the molecule is COc1cccc(C(CN)NC(=O)c2cc(-c3ccc4c(c3)C(C)=NC4)cc3c2CNC3)c1. The molecule has 2 aliphatic rings. The molecule has 0 radical (unpaired) electrons. The lowest BCUT2D eigenvalue weighted by molar-refractivity contribution is 0.0937. The first kappa shape index (κ1) is 21.4. The summed E-state index contributed by atoms with van der Waals surface area (Å²) in [7, 11) is 1.63. The van der Waals surface area contributed by atoms with E-state index in [0.29, 0.717) is 18.7 Å². The molecule has 1 atom stereocenters. The minimum absolute atomic E-state index is 0.117. The van der Waals surface area contributed by atoms with Gasteiger partial charge >= 0.3 is 0 Å². The number of rotatable bonds is 6. The Balaban J connectivity index is 1.49. The highest BCUT2D eigenvalue weighted by molar-refractivity contribution is 6.03. The molecule has 3 aromatic rings. The maximum absolute atomic E-state index is 13.5. The van der Waals surface area contributed by atoms with Gasteiger partial charge in [0.1, 0.15) is 5.75 Å². The molecule has 33 heavy (non-hydrogen) atoms. The molecule has 3 aromatic carbocycles. The van der Waals surface area contributed by atoms with Crippen molar-refractivity contribution in [1.82, 2.24) is 10.6 Å². The smallest absolute Gasteiger partial charge is 0.252 e. The van der Waals surface area contributed by atoms with E-state index in [0.717, 1.165) is 52.4 Å². The average molecular weight is 441 g/mol. The molecule has 1 amide bonds. The van der Waals surface area contributed by atoms with E-state index in [1.165, 1.54) is 11.1 Å². The lowest BCUT2D eigenvalue weighted by Gasteiger charge is -2.20. The molecular weight excluding hydrogens is 412 g/mol. The van der Waals surface area contributed by atoms with Gasteiger partial charge in [0.05, 0.1) is 19.7 Å². The van der Waals surface area contributed by atoms with Crippen LogP contribution >= 0.6 is 0 Å². The number of aliphatic imine (C=N–C) groups is 1. The largest absolute Gasteiger partial charge is 0.497 e. The van der Waals surface area contributed by atoms with E-state index in [1.54, 1.807) is 7.11 Å². The Hall–Kier alpha value is -3.48. The molecule has 6 nitrogen and oxygen atoms in total. The average Bonchev–Trinajstić information content (AvgIpc) is 3.48. The van der Waals surface area contributed by atoms with E-state index in [1.807, 2.05) is 37.3 Å². The van der Waals surface area contributed by atoms with Crippen LogP contribution in [0.15, 0.2) is 59.6 Å². The van der Waals surface area contributed by atoms with Gasteiger partial charge in [0.2, 0.25) is 0 Å². The highest BCUT2D eigenvalue weighted by Gasteiger charge is 2.23. The molecular formula is C27H28N4O2. The quantitative estimate of drug-likeness (QED) is 0.545. The van der Waals surface area contributed by atoms with Crippen LogP contribution in [0.4, 0.5) is 0 Å². The van der Waals surface area contributed by atoms with Crippen LogP contribution in [0, 0.1) is 0 Å². The monoisotopic (exact) mass is 440 g/mol. The van der Waals surface area contributed by atoms with Gasteiger partial charge in [-0.15, -0.1) is 0 Å². The van der Waals surface area contributed by atoms with Gasteiger partial charge in [-0.1, -0.05) is 24.3 Å². The third kappa shape index (κ3) is 4.03. The highest BCUT2D eigenvalue weighted by atomic mass is 16.5. The van der Waals surface area contributed by atoms with E-state index < -0.39 is 0 Å². The van der Waals surface area contributed by atoms with E-state index >= 15 is 0 Å². The molecule has 168 valence electrons. The Morgan fingerprint density at radius 1 is 1.12 bits per heavy atom. The number of carbonyl (C=O) groups is 1. The van der Waals surface area contributed by atoms with Crippen molar-refractivity contribution >= 4 is 11.6 Å². The van der Waals surface area contributed by atoms with Crippen molar-refractivity contribution in [1.29, 1.82) is 0 Å². The number of nitrogens with two attached hydrogens (primary N) is 1. The Morgan fingerprint density at radius 2 is 2.00 bits per heavy atom. The third-order valence-electron chi connectivity index (χ3n) is 6.56. The van der Waals surface area contributed by atoms with Crippen LogP contribution in [0.25, 0.3) is 11.1 Å². The van der Waals surface area contributed by atoms with Crippen molar-refractivity contribution in [3.8, 4) is 16.9 Å². The zero-order valence-corrected chi connectivity index (χ0v) is 18.9. The van der Waals surface area contributed by atoms with Gasteiger partial charge in [-0.3, -0.25) is 9.79 Å². The zero-order chi connectivity index (χ0) is 22.9. The summed E-state index contributed by atoms with van der Waals surface area (Å²) in [5, 5.41) is 6.53. The first-order valence-electron chi connectivity index (χ1n) is 11.2. The Labute approximate surface area is 193 Å². The normalized spacial score (nSPS) is 14.9. The summed E-state index contributed by atoms with van der Waals surface area (Å²) >= 11 is 0. The highest BCUT2D eigenvalue weighted by Crippen LogP contribution is 2.32. The van der Waals surface area contributed by atoms with Crippen molar-refractivity contribution in [2.24, 2.45) is 10.7 Å². The summed E-state index contributed by atoms with van der Waals surface area (Å²) in [5.74, 6) is 0.622. The summed E-state index contributed by atoms with van der Waals surface area (Å²) in [6.45, 7) is 4.52. The van der Waals surface area contributed by atoms with Gasteiger partial charge in [-0.25, -0.2) is 0 Å². The number of nitrogens with zero attached hydrogens (tertiary/aromatic N) is 1. The summed E-state index contributed by atoms with van der Waals surface area (Å²) in [6.07, 6.45) is 0. The molecule has 0 saturated heterocycles. The van der Waals surface area contributed by atoms with E-state index in [9.17, 15) is 4.79 Å². The number of hydrogen-bond acceptors (Lipinski definition) is 5. The molecule has 6 heteroatoms. The second-order valence-electron chi connectivity index (χ2n) is 8.58. The van der Waals surface area contributed by atoms with Crippen LogP contribution in [-0.4, -0.2) is 25.3 Å². The zero-order valence-electron chi connectivity index (χ0n) is 18.9. The lowest BCUT2D eigenvalue weighted by atomic mass is 9.93. The number of nitrogens with one attached hydrogen (secondary N) is 2. The van der Waals surface area contributed by atoms with Crippen LogP contribution in [0.1, 0.15) is 51.1 Å². The second-order valence-corrected chi connectivity index (χ2v) is 8.58. The van der Waals surface area contributed by atoms with Gasteiger partial charge in [0, 0.05) is 36.5 Å². The molecule has 4 N–H and O–H groups in total. The molecule has 0 saturated carbocycles. The number of hydrogen-bond donors (Lipinski definition) is 3. The molecule has 0 bridgehead atoms. The Bertz CT molecular complexity index is 1260. The predicted octanol–water partition coefficient (Wildman–Crippen LogP) is 3.72. The van der Waals surface area contributed by atoms with Crippen molar-refractivity contribution < 1.29 is 9.53 Å². The fourth-order valence-electron chi connectivity index (χ4n) is 4.68. The number of fused-ring (bicyclic) bond motifs is 2. The van der Waals surface area contributed by atoms with Gasteiger partial charge in [0.25, 0.3) is 5.91 Å². The Morgan fingerprint density at radius 3 is 2.82 bits per heavy atom. The number of ether oxygens (including phenoxy) is 1. The summed E-state index contributed by atoms with van der Waals surface area (Å²) in [6, 6.07) is 18.0. The molecule has 0 aliphatic carbocycles. The van der Waals surface area contributed by atoms with Crippen LogP contribution in [-0.2, 0) is 19.6 Å². The third-order valence-corrected chi connectivity index (χ3v) is 6.56. The molecule has 1 unspecified atom stereocenters. The van der Waals surface area contributed by atoms with Crippen molar-refractivity contribution in [2.75, 3.05) is 13.7 Å². The first-order valence-corrected chi connectivity index (χ1v) is 11.2.